The van der Waals surface area contributed by atoms with Gasteiger partial charge in [-0.15, -0.1) is 5.10 Å². The van der Waals surface area contributed by atoms with E-state index in [1.807, 2.05) is 24.0 Å². The molecule has 2 aromatic carbocycles. The van der Waals surface area contributed by atoms with Crippen molar-refractivity contribution in [3.05, 3.63) is 86.3 Å². The van der Waals surface area contributed by atoms with Crippen molar-refractivity contribution in [2.75, 3.05) is 50.1 Å². The summed E-state index contributed by atoms with van der Waals surface area (Å²) in [4.78, 5) is 58.0. The molecule has 5 heterocycles. The molecule has 7 rings (SSSR count). The van der Waals surface area contributed by atoms with Crippen molar-refractivity contribution in [1.29, 1.82) is 0 Å². The molecule has 0 unspecified atom stereocenters. The van der Waals surface area contributed by atoms with Crippen molar-refractivity contribution in [2.45, 2.75) is 39.4 Å². The SMILES string of the molecule is CCc1c(N2CCN(C(=O)c3nc(C)ncc3OC)CC2)c(=O)n2nc(-c3ccc4c(c3)CCO4)nc2n1CC(=O)Nc1ccc(C(F)(F)F)cc1Cl. The molecule has 0 saturated carbocycles. The molecule has 0 radical (unpaired) electrons. The van der Waals surface area contributed by atoms with Gasteiger partial charge in [0.2, 0.25) is 11.7 Å². The zero-order valence-corrected chi connectivity index (χ0v) is 29.6. The van der Waals surface area contributed by atoms with Crippen molar-refractivity contribution < 1.29 is 32.2 Å². The number of benzene rings is 2. The number of aromatic nitrogens is 6. The zero-order chi connectivity index (χ0) is 37.6. The van der Waals surface area contributed by atoms with E-state index in [9.17, 15) is 27.6 Å². The van der Waals surface area contributed by atoms with Gasteiger partial charge in [0, 0.05) is 38.2 Å². The third-order valence-electron chi connectivity index (χ3n) is 9.16. The number of nitrogens with zero attached hydrogens (tertiary/aromatic N) is 8. The molecular weight excluding hydrogens is 719 g/mol. The van der Waals surface area contributed by atoms with E-state index in [2.05, 4.69) is 20.4 Å². The van der Waals surface area contributed by atoms with Crippen LogP contribution in [0.1, 0.15) is 40.1 Å². The highest BCUT2D eigenvalue weighted by molar-refractivity contribution is 6.33. The van der Waals surface area contributed by atoms with Gasteiger partial charge in [0.1, 0.15) is 23.8 Å². The summed E-state index contributed by atoms with van der Waals surface area (Å²) in [6.45, 7) is 4.71. The van der Waals surface area contributed by atoms with Crippen LogP contribution in [0.2, 0.25) is 5.02 Å². The first-order chi connectivity index (χ1) is 25.4. The lowest BCUT2D eigenvalue weighted by atomic mass is 10.1. The number of piperazine rings is 1. The molecule has 2 aliphatic rings. The topological polar surface area (TPSA) is 149 Å². The fourth-order valence-electron chi connectivity index (χ4n) is 6.55. The van der Waals surface area contributed by atoms with Crippen LogP contribution in [0.4, 0.5) is 24.5 Å². The number of amides is 2. The van der Waals surface area contributed by atoms with Crippen LogP contribution in [-0.2, 0) is 30.4 Å². The van der Waals surface area contributed by atoms with Crippen molar-refractivity contribution in [1.82, 2.24) is 34.0 Å². The Hall–Kier alpha value is -5.71. The third kappa shape index (κ3) is 6.83. The molecule has 14 nitrogen and oxygen atoms in total. The van der Waals surface area contributed by atoms with Crippen LogP contribution in [-0.4, -0.2) is 85.7 Å². The molecule has 5 aromatic rings. The van der Waals surface area contributed by atoms with Gasteiger partial charge < -0.3 is 29.2 Å². The number of halogens is 4. The number of carbonyl (C=O) groups is 2. The third-order valence-corrected chi connectivity index (χ3v) is 9.47. The van der Waals surface area contributed by atoms with Crippen molar-refractivity contribution in [3.8, 4) is 22.9 Å². The fourth-order valence-corrected chi connectivity index (χ4v) is 6.78. The van der Waals surface area contributed by atoms with E-state index in [4.69, 9.17) is 26.1 Å². The van der Waals surface area contributed by atoms with Gasteiger partial charge >= 0.3 is 6.18 Å². The number of alkyl halides is 3. The Morgan fingerprint density at radius 1 is 1.08 bits per heavy atom. The van der Waals surface area contributed by atoms with Crippen molar-refractivity contribution >= 4 is 40.6 Å². The van der Waals surface area contributed by atoms with E-state index in [-0.39, 0.29) is 78.1 Å². The summed E-state index contributed by atoms with van der Waals surface area (Å²) in [5.74, 6) is 0.808. The number of methoxy groups -OCH3 is 1. The molecule has 0 bridgehead atoms. The Balaban J connectivity index is 1.25. The number of hydrogen-bond donors (Lipinski definition) is 1. The summed E-state index contributed by atoms with van der Waals surface area (Å²) in [7, 11) is 1.43. The first-order valence-corrected chi connectivity index (χ1v) is 17.1. The first-order valence-electron chi connectivity index (χ1n) is 16.7. The number of ether oxygens (including phenoxy) is 2. The number of aryl methyl sites for hydroxylation is 1. The predicted molar refractivity (Wildman–Crippen MR) is 188 cm³/mol. The van der Waals surface area contributed by atoms with Gasteiger partial charge in [-0.2, -0.15) is 22.7 Å². The smallest absolute Gasteiger partial charge is 0.416 e. The minimum absolute atomic E-state index is 0.0150. The molecule has 1 fully saturated rings. The molecule has 0 aliphatic carbocycles. The lowest BCUT2D eigenvalue weighted by Gasteiger charge is -2.36. The van der Waals surface area contributed by atoms with Gasteiger partial charge in [-0.3, -0.25) is 14.4 Å². The highest BCUT2D eigenvalue weighted by Crippen LogP contribution is 2.34. The maximum absolute atomic E-state index is 14.3. The number of nitrogens with one attached hydrogen (secondary N) is 1. The maximum atomic E-state index is 14.3. The van der Waals surface area contributed by atoms with Crippen molar-refractivity contribution in [3.63, 3.8) is 0 Å². The molecule has 276 valence electrons. The van der Waals surface area contributed by atoms with Gasteiger partial charge in [0.25, 0.3) is 11.5 Å². The summed E-state index contributed by atoms with van der Waals surface area (Å²) >= 11 is 6.15. The van der Waals surface area contributed by atoms with E-state index in [0.717, 1.165) is 34.0 Å². The Bertz CT molecular complexity index is 2320. The average molecular weight is 752 g/mol. The molecule has 0 spiro atoms. The molecule has 1 saturated heterocycles. The number of rotatable bonds is 8. The van der Waals surface area contributed by atoms with Crippen molar-refractivity contribution in [2.24, 2.45) is 0 Å². The van der Waals surface area contributed by atoms with Crippen LogP contribution < -0.4 is 25.2 Å². The van der Waals surface area contributed by atoms with E-state index < -0.39 is 23.2 Å². The minimum atomic E-state index is -4.61. The zero-order valence-electron chi connectivity index (χ0n) is 28.8. The highest BCUT2D eigenvalue weighted by Gasteiger charge is 2.32. The van der Waals surface area contributed by atoms with E-state index in [1.54, 1.807) is 22.5 Å². The first kappa shape index (κ1) is 35.7. The van der Waals surface area contributed by atoms with E-state index in [0.29, 0.717) is 36.5 Å². The lowest BCUT2D eigenvalue weighted by Crippen LogP contribution is -2.51. The maximum Gasteiger partial charge on any atom is 0.416 e. The lowest BCUT2D eigenvalue weighted by molar-refractivity contribution is -0.137. The molecule has 1 N–H and O–H groups in total. The Morgan fingerprint density at radius 3 is 2.55 bits per heavy atom. The average Bonchev–Trinajstić information content (AvgIpc) is 3.81. The number of fused-ring (bicyclic) bond motifs is 2. The molecule has 2 aliphatic heterocycles. The summed E-state index contributed by atoms with van der Waals surface area (Å²) in [6, 6.07) is 8.16. The standard InChI is InChI=1S/C35H33ClF3N9O5/c1-4-25-30(45-10-12-46(13-11-45)32(50)29-27(52-3)17-40-19(2)41-29)33(51)48-34(43-31(44-48)21-5-8-26-20(15-21)9-14-53-26)47(25)18-28(49)42-24-7-6-22(16-23(24)36)35(37,38)39/h5-8,15-17H,4,9-14,18H2,1-3H3,(H,42,49). The van der Waals surface area contributed by atoms with Crippen LogP contribution in [0.25, 0.3) is 17.2 Å². The summed E-state index contributed by atoms with van der Waals surface area (Å²) < 4.78 is 53.4. The highest BCUT2D eigenvalue weighted by atomic mass is 35.5. The monoisotopic (exact) mass is 751 g/mol. The van der Waals surface area contributed by atoms with Crippen LogP contribution in [0.15, 0.2) is 47.4 Å². The van der Waals surface area contributed by atoms with Gasteiger partial charge in [-0.25, -0.2) is 9.97 Å². The summed E-state index contributed by atoms with van der Waals surface area (Å²) in [5.41, 5.74) is 1.08. The molecule has 2 amide bonds. The quantitative estimate of drug-likeness (QED) is 0.241. The van der Waals surface area contributed by atoms with E-state index >= 15 is 0 Å². The van der Waals surface area contributed by atoms with Gasteiger partial charge in [0.05, 0.1) is 41.9 Å². The van der Waals surface area contributed by atoms with Crippen LogP contribution in [0.5, 0.6) is 11.5 Å². The van der Waals surface area contributed by atoms with Crippen LogP contribution >= 0.6 is 11.6 Å². The van der Waals surface area contributed by atoms with E-state index in [1.165, 1.54) is 13.3 Å². The Labute approximate surface area is 305 Å². The van der Waals surface area contributed by atoms with Crippen LogP contribution in [0.3, 0.4) is 0 Å². The molecule has 53 heavy (non-hydrogen) atoms. The number of hydrogen-bond acceptors (Lipinski definition) is 10. The Morgan fingerprint density at radius 2 is 1.85 bits per heavy atom. The number of anilines is 2. The van der Waals surface area contributed by atoms with Gasteiger partial charge in [-0.1, -0.05) is 18.5 Å². The summed E-state index contributed by atoms with van der Waals surface area (Å²) in [6.07, 6.45) is -2.16. The summed E-state index contributed by atoms with van der Waals surface area (Å²) in [5, 5.41) is 6.90. The second-order valence-corrected chi connectivity index (χ2v) is 12.9. The fraction of sp³-hybridized carbons (Fsp3) is 0.343. The second-order valence-electron chi connectivity index (χ2n) is 12.5. The van der Waals surface area contributed by atoms with Crippen LogP contribution in [0, 0.1) is 6.92 Å². The minimum Gasteiger partial charge on any atom is -0.493 e. The molecule has 18 heteroatoms. The van der Waals surface area contributed by atoms with Gasteiger partial charge in [-0.05, 0) is 55.3 Å². The molecular formula is C35H33ClF3N9O5. The predicted octanol–water partition coefficient (Wildman–Crippen LogP) is 4.44. The largest absolute Gasteiger partial charge is 0.493 e. The van der Waals surface area contributed by atoms with Gasteiger partial charge in [0.15, 0.2) is 17.3 Å². The Kier molecular flexibility index (Phi) is 9.44. The molecule has 3 aromatic heterocycles. The second kappa shape index (κ2) is 14.0. The number of carbonyl (C=O) groups excluding carboxylic acids is 2. The normalized spacial score (nSPS) is 14.3. The molecule has 0 atom stereocenters.